The lowest BCUT2D eigenvalue weighted by atomic mass is 10.1. The summed E-state index contributed by atoms with van der Waals surface area (Å²) in [5.74, 6) is -2.78. The summed E-state index contributed by atoms with van der Waals surface area (Å²) in [6.07, 6.45) is 0. The zero-order chi connectivity index (χ0) is 15.1. The van der Waals surface area contributed by atoms with Gasteiger partial charge in [-0.25, -0.2) is 0 Å². The van der Waals surface area contributed by atoms with E-state index in [0.717, 1.165) is 6.07 Å². The summed E-state index contributed by atoms with van der Waals surface area (Å²) in [6, 6.07) is 9.57. The highest BCUT2D eigenvalue weighted by atomic mass is 35.5. The first-order valence-corrected chi connectivity index (χ1v) is 6.01. The first-order chi connectivity index (χ1) is 10.0. The minimum absolute atomic E-state index is 0. The first kappa shape index (κ1) is 15.5. The molecule has 3 aromatic rings. The van der Waals surface area contributed by atoms with Gasteiger partial charge >= 0.3 is 5.43 Å². The molecule has 5 N–H and O–H groups in total. The molecule has 0 atom stereocenters. The fourth-order valence-corrected chi connectivity index (χ4v) is 2.10. The maximum Gasteiger partial charge on any atom is 0.400 e. The van der Waals surface area contributed by atoms with Crippen LogP contribution in [-0.4, -0.2) is 25.2 Å². The van der Waals surface area contributed by atoms with Crippen LogP contribution in [0.15, 0.2) is 40.8 Å². The van der Waals surface area contributed by atoms with E-state index in [0.29, 0.717) is 5.56 Å². The van der Waals surface area contributed by atoms with Gasteiger partial charge in [-0.1, -0.05) is 30.3 Å². The van der Waals surface area contributed by atoms with Crippen molar-refractivity contribution in [2.45, 2.75) is 0 Å². The summed E-state index contributed by atoms with van der Waals surface area (Å²) in [6.45, 7) is 0. The number of hydrogen-bond donors (Lipinski definition) is 4. The molecule has 0 spiro atoms. The van der Waals surface area contributed by atoms with E-state index in [1.54, 1.807) is 30.3 Å². The lowest BCUT2D eigenvalue weighted by Gasteiger charge is -2.06. The monoisotopic (exact) mass is 322 g/mol. The van der Waals surface area contributed by atoms with E-state index in [1.165, 1.54) is 0 Å². The van der Waals surface area contributed by atoms with Crippen molar-refractivity contribution in [3.63, 3.8) is 0 Å². The van der Waals surface area contributed by atoms with Gasteiger partial charge in [0, 0.05) is 11.6 Å². The number of rotatable bonds is 1. The maximum atomic E-state index is 10.0. The number of halogens is 1. The SMILES string of the molecule is Oc1cc2oc(-c3ccccc3)c(O)c(=[OH+])c2c(O)c1O.[Cl-]. The number of aromatic hydroxyl groups is 4. The minimum atomic E-state index is -0.806. The van der Waals surface area contributed by atoms with Gasteiger partial charge in [0.05, 0.1) is 0 Å². The molecule has 3 rings (SSSR count). The molecule has 0 fully saturated rings. The molecular formula is C15H11ClO6. The summed E-state index contributed by atoms with van der Waals surface area (Å²) in [7, 11) is 0. The van der Waals surface area contributed by atoms with Gasteiger partial charge in [0.1, 0.15) is 0 Å². The molecule has 0 aliphatic heterocycles. The summed E-state index contributed by atoms with van der Waals surface area (Å²) >= 11 is 0. The van der Waals surface area contributed by atoms with E-state index in [1.807, 2.05) is 0 Å². The molecule has 0 aliphatic carbocycles. The average Bonchev–Trinajstić information content (AvgIpc) is 2.49. The van der Waals surface area contributed by atoms with Gasteiger partial charge in [-0.2, -0.15) is 0 Å². The number of phenols is 3. The highest BCUT2D eigenvalue weighted by molar-refractivity contribution is 5.90. The molecule has 114 valence electrons. The Bertz CT molecular complexity index is 902. The Morgan fingerprint density at radius 2 is 1.50 bits per heavy atom. The molecule has 22 heavy (non-hydrogen) atoms. The molecule has 2 aromatic carbocycles. The predicted molar refractivity (Wildman–Crippen MR) is 73.4 cm³/mol. The lowest BCUT2D eigenvalue weighted by molar-refractivity contribution is -0.00000883. The highest BCUT2D eigenvalue weighted by Gasteiger charge is 2.25. The smallest absolute Gasteiger partial charge is 0.400 e. The van der Waals surface area contributed by atoms with Crippen LogP contribution >= 0.6 is 0 Å². The summed E-state index contributed by atoms with van der Waals surface area (Å²) < 4.78 is 5.44. The molecule has 0 aliphatic rings. The summed E-state index contributed by atoms with van der Waals surface area (Å²) in [4.78, 5) is 10.0. The van der Waals surface area contributed by atoms with Crippen LogP contribution in [0.2, 0.25) is 0 Å². The minimum Gasteiger partial charge on any atom is -1.00 e. The topological polar surface area (TPSA) is 115 Å². The molecular weight excluding hydrogens is 312 g/mol. The van der Waals surface area contributed by atoms with Gasteiger partial charge in [-0.05, 0) is 0 Å². The third-order valence-corrected chi connectivity index (χ3v) is 3.14. The van der Waals surface area contributed by atoms with Crippen LogP contribution in [0.4, 0.5) is 0 Å². The Morgan fingerprint density at radius 3 is 2.14 bits per heavy atom. The van der Waals surface area contributed by atoms with Crippen molar-refractivity contribution in [1.82, 2.24) is 0 Å². The quantitative estimate of drug-likeness (QED) is 0.336. The van der Waals surface area contributed by atoms with Gasteiger partial charge in [-0.15, -0.1) is 0 Å². The largest absolute Gasteiger partial charge is 1.00 e. The second-order valence-corrected chi connectivity index (χ2v) is 4.46. The van der Waals surface area contributed by atoms with Gasteiger partial charge < -0.3 is 37.3 Å². The Morgan fingerprint density at radius 1 is 0.864 bits per heavy atom. The van der Waals surface area contributed by atoms with Crippen LogP contribution in [0.5, 0.6) is 23.0 Å². The molecule has 6 nitrogen and oxygen atoms in total. The van der Waals surface area contributed by atoms with Crippen LogP contribution in [-0.2, 0) is 0 Å². The van der Waals surface area contributed by atoms with Gasteiger partial charge in [0.2, 0.25) is 5.75 Å². The molecule has 0 unspecified atom stereocenters. The number of phenolic OH excluding ortho intramolecular Hbond substituents is 3. The van der Waals surface area contributed by atoms with Gasteiger partial charge in [0.15, 0.2) is 28.2 Å². The Balaban J connectivity index is 0.00000176. The van der Waals surface area contributed by atoms with Crippen LogP contribution in [0.1, 0.15) is 0 Å². The normalized spacial score (nSPS) is 10.4. The molecule has 0 bridgehead atoms. The zero-order valence-corrected chi connectivity index (χ0v) is 11.7. The molecule has 0 amide bonds. The van der Waals surface area contributed by atoms with Crippen molar-refractivity contribution in [2.75, 3.05) is 0 Å². The average molecular weight is 323 g/mol. The van der Waals surface area contributed by atoms with E-state index < -0.39 is 28.4 Å². The Hall–Kier alpha value is -2.86. The van der Waals surface area contributed by atoms with Crippen molar-refractivity contribution in [2.24, 2.45) is 0 Å². The zero-order valence-electron chi connectivity index (χ0n) is 11.0. The standard InChI is InChI=1S/C15H10O6.ClH/c16-8-6-9-10(12(18)11(8)17)13(19)14(20)15(21-9)7-4-2-1-3-5-7;/h1-6,16-18,20H;1H. The Labute approximate surface area is 129 Å². The summed E-state index contributed by atoms with van der Waals surface area (Å²) in [5, 5.41) is 38.5. The molecule has 1 aromatic heterocycles. The fraction of sp³-hybridized carbons (Fsp3) is 0. The van der Waals surface area contributed by atoms with Crippen molar-refractivity contribution >= 4 is 11.0 Å². The first-order valence-electron chi connectivity index (χ1n) is 6.01. The summed E-state index contributed by atoms with van der Waals surface area (Å²) in [5.41, 5.74) is -0.237. The molecule has 0 saturated carbocycles. The molecule has 0 saturated heterocycles. The number of fused-ring (bicyclic) bond motifs is 1. The van der Waals surface area contributed by atoms with Gasteiger partial charge in [0.25, 0.3) is 5.75 Å². The van der Waals surface area contributed by atoms with E-state index in [-0.39, 0.29) is 29.1 Å². The number of hydrogen-bond acceptors (Lipinski definition) is 5. The lowest BCUT2D eigenvalue weighted by Crippen LogP contribution is -3.00. The van der Waals surface area contributed by atoms with E-state index >= 15 is 0 Å². The molecule has 1 heterocycles. The van der Waals surface area contributed by atoms with Crippen LogP contribution < -0.4 is 17.8 Å². The molecule has 0 radical (unpaired) electrons. The third kappa shape index (κ3) is 2.19. The van der Waals surface area contributed by atoms with Crippen molar-refractivity contribution in [1.29, 1.82) is 0 Å². The molecule has 7 heteroatoms. The van der Waals surface area contributed by atoms with Crippen molar-refractivity contribution in [3.8, 4) is 34.3 Å². The Kier molecular flexibility index (Phi) is 3.88. The van der Waals surface area contributed by atoms with Crippen LogP contribution in [0.3, 0.4) is 0 Å². The number of benzene rings is 2. The maximum absolute atomic E-state index is 10.0. The highest BCUT2D eigenvalue weighted by Crippen LogP contribution is 2.42. The second-order valence-electron chi connectivity index (χ2n) is 4.46. The third-order valence-electron chi connectivity index (χ3n) is 3.14. The van der Waals surface area contributed by atoms with E-state index in [2.05, 4.69) is 0 Å². The van der Waals surface area contributed by atoms with Crippen molar-refractivity contribution in [3.05, 3.63) is 41.8 Å². The second kappa shape index (κ2) is 5.50. The van der Waals surface area contributed by atoms with Gasteiger partial charge in [-0.3, -0.25) is 4.79 Å². The van der Waals surface area contributed by atoms with Crippen molar-refractivity contribution < 1.29 is 42.0 Å². The predicted octanol–water partition coefficient (Wildman–Crippen LogP) is -1.07. The van der Waals surface area contributed by atoms with E-state index in [9.17, 15) is 25.2 Å². The fourth-order valence-electron chi connectivity index (χ4n) is 2.10. The van der Waals surface area contributed by atoms with Crippen LogP contribution in [0.25, 0.3) is 22.3 Å². The van der Waals surface area contributed by atoms with Crippen LogP contribution in [0, 0.1) is 0 Å². The van der Waals surface area contributed by atoms with E-state index in [4.69, 9.17) is 4.42 Å².